The highest BCUT2D eigenvalue weighted by Crippen LogP contribution is 2.31. The monoisotopic (exact) mass is 358 g/mol. The van der Waals surface area contributed by atoms with E-state index in [0.717, 1.165) is 6.07 Å². The molecule has 0 saturated heterocycles. The van der Waals surface area contributed by atoms with Crippen LogP contribution in [0, 0.1) is 0 Å². The maximum absolute atomic E-state index is 12.0. The van der Waals surface area contributed by atoms with Crippen LogP contribution in [0.5, 0.6) is 5.75 Å². The van der Waals surface area contributed by atoms with E-state index in [1.807, 2.05) is 0 Å². The van der Waals surface area contributed by atoms with Crippen molar-refractivity contribution in [1.29, 1.82) is 0 Å². The molecular formula is C18H15ClN2O4. The predicted octanol–water partition coefficient (Wildman–Crippen LogP) is 3.09. The number of aliphatic hydroxyl groups is 1. The van der Waals surface area contributed by atoms with E-state index >= 15 is 0 Å². The normalized spacial score (nSPS) is 11.9. The summed E-state index contributed by atoms with van der Waals surface area (Å²) in [4.78, 5) is 16.2. The summed E-state index contributed by atoms with van der Waals surface area (Å²) in [7, 11) is 0. The fourth-order valence-electron chi connectivity index (χ4n) is 2.38. The average molecular weight is 359 g/mol. The summed E-state index contributed by atoms with van der Waals surface area (Å²) >= 11 is 5.94. The van der Waals surface area contributed by atoms with E-state index in [9.17, 15) is 15.0 Å². The van der Waals surface area contributed by atoms with E-state index in [4.69, 9.17) is 16.0 Å². The number of pyridine rings is 1. The molecule has 0 aliphatic heterocycles. The van der Waals surface area contributed by atoms with E-state index in [1.165, 1.54) is 0 Å². The molecule has 0 spiro atoms. The first-order valence-electron chi connectivity index (χ1n) is 7.48. The van der Waals surface area contributed by atoms with Gasteiger partial charge < -0.3 is 19.9 Å². The second-order valence-electron chi connectivity index (χ2n) is 5.29. The van der Waals surface area contributed by atoms with Crippen molar-refractivity contribution in [2.45, 2.75) is 12.6 Å². The Morgan fingerprint density at radius 1 is 1.20 bits per heavy atom. The second kappa shape index (κ2) is 7.38. The average Bonchev–Trinajstić information content (AvgIpc) is 2.64. The maximum atomic E-state index is 12.0. The molecule has 25 heavy (non-hydrogen) atoms. The largest absolute Gasteiger partial charge is 0.502 e. The molecule has 0 aliphatic carbocycles. The number of rotatable bonds is 5. The van der Waals surface area contributed by atoms with Gasteiger partial charge in [-0.1, -0.05) is 29.8 Å². The van der Waals surface area contributed by atoms with Crippen LogP contribution in [0.1, 0.15) is 23.1 Å². The minimum Gasteiger partial charge on any atom is -0.502 e. The number of halogens is 1. The van der Waals surface area contributed by atoms with Gasteiger partial charge in [-0.15, -0.1) is 0 Å². The van der Waals surface area contributed by atoms with E-state index in [0.29, 0.717) is 16.4 Å². The van der Waals surface area contributed by atoms with E-state index in [1.54, 1.807) is 48.7 Å². The molecule has 0 radical (unpaired) electrons. The minimum absolute atomic E-state index is 0.00970. The fraction of sp³-hybridized carbons (Fsp3) is 0.111. The Kier molecular flexibility index (Phi) is 5.02. The van der Waals surface area contributed by atoms with Crippen molar-refractivity contribution >= 4 is 17.4 Å². The lowest BCUT2D eigenvalue weighted by atomic mass is 10.0. The Balaban J connectivity index is 2.12. The lowest BCUT2D eigenvalue weighted by molar-refractivity contribution is 0.234. The van der Waals surface area contributed by atoms with Crippen molar-refractivity contribution in [2.75, 3.05) is 5.32 Å². The lowest BCUT2D eigenvalue weighted by Crippen LogP contribution is -2.16. The van der Waals surface area contributed by atoms with Crippen LogP contribution in [0.3, 0.4) is 0 Å². The number of nitrogens with one attached hydrogen (secondary N) is 1. The summed E-state index contributed by atoms with van der Waals surface area (Å²) < 4.78 is 5.53. The zero-order chi connectivity index (χ0) is 17.8. The Labute approximate surface area is 148 Å². The molecule has 0 saturated carbocycles. The number of hydrogen-bond donors (Lipinski definition) is 3. The summed E-state index contributed by atoms with van der Waals surface area (Å²) in [5.74, 6) is 0.0450. The zero-order valence-corrected chi connectivity index (χ0v) is 13.8. The molecule has 128 valence electrons. The lowest BCUT2D eigenvalue weighted by Gasteiger charge is -2.20. The van der Waals surface area contributed by atoms with E-state index < -0.39 is 23.8 Å². The van der Waals surface area contributed by atoms with Crippen molar-refractivity contribution in [3.63, 3.8) is 0 Å². The summed E-state index contributed by atoms with van der Waals surface area (Å²) in [5, 5.41) is 23.2. The van der Waals surface area contributed by atoms with Gasteiger partial charge in [-0.3, -0.25) is 4.79 Å². The summed E-state index contributed by atoms with van der Waals surface area (Å²) in [5.41, 5.74) is 0.0654. The highest BCUT2D eigenvalue weighted by Gasteiger charge is 2.24. The Morgan fingerprint density at radius 2 is 1.96 bits per heavy atom. The van der Waals surface area contributed by atoms with Gasteiger partial charge in [0.2, 0.25) is 11.2 Å². The van der Waals surface area contributed by atoms with Crippen molar-refractivity contribution in [3.8, 4) is 5.75 Å². The van der Waals surface area contributed by atoms with Crippen molar-refractivity contribution in [1.82, 2.24) is 4.98 Å². The van der Waals surface area contributed by atoms with Crippen LogP contribution in [0.25, 0.3) is 0 Å². The molecule has 0 amide bonds. The second-order valence-corrected chi connectivity index (χ2v) is 5.73. The van der Waals surface area contributed by atoms with Gasteiger partial charge in [-0.05, 0) is 29.8 Å². The maximum Gasteiger partial charge on any atom is 0.227 e. The molecule has 2 heterocycles. The Hall–Kier alpha value is -2.83. The first kappa shape index (κ1) is 17.0. The third kappa shape index (κ3) is 3.81. The molecule has 3 rings (SSSR count). The van der Waals surface area contributed by atoms with Gasteiger partial charge in [-0.25, -0.2) is 4.98 Å². The molecular weight excluding hydrogens is 344 g/mol. The SMILES string of the molecule is O=c1cc(CO)oc(C(Nc2ccccn2)c2ccc(Cl)cc2)c1O. The highest BCUT2D eigenvalue weighted by atomic mass is 35.5. The topological polar surface area (TPSA) is 95.6 Å². The van der Waals surface area contributed by atoms with Gasteiger partial charge >= 0.3 is 0 Å². The van der Waals surface area contributed by atoms with Crippen LogP contribution in [-0.2, 0) is 6.61 Å². The highest BCUT2D eigenvalue weighted by molar-refractivity contribution is 6.30. The summed E-state index contributed by atoms with van der Waals surface area (Å²) in [6.45, 7) is -0.459. The van der Waals surface area contributed by atoms with Crippen molar-refractivity contribution in [3.05, 3.63) is 87.1 Å². The van der Waals surface area contributed by atoms with Crippen LogP contribution < -0.4 is 10.7 Å². The van der Waals surface area contributed by atoms with Gasteiger partial charge in [0.15, 0.2) is 5.76 Å². The number of benzene rings is 1. The van der Waals surface area contributed by atoms with Gasteiger partial charge in [-0.2, -0.15) is 0 Å². The molecule has 1 atom stereocenters. The Morgan fingerprint density at radius 3 is 2.60 bits per heavy atom. The van der Waals surface area contributed by atoms with Crippen LogP contribution in [0.4, 0.5) is 5.82 Å². The third-order valence-electron chi connectivity index (χ3n) is 3.58. The third-order valence-corrected chi connectivity index (χ3v) is 3.83. The molecule has 0 aliphatic rings. The molecule has 0 fully saturated rings. The van der Waals surface area contributed by atoms with Crippen LogP contribution in [-0.4, -0.2) is 15.2 Å². The molecule has 3 N–H and O–H groups in total. The molecule has 1 unspecified atom stereocenters. The molecule has 0 bridgehead atoms. The number of aromatic hydroxyl groups is 1. The number of anilines is 1. The smallest absolute Gasteiger partial charge is 0.227 e. The van der Waals surface area contributed by atoms with Crippen LogP contribution >= 0.6 is 11.6 Å². The van der Waals surface area contributed by atoms with Crippen molar-refractivity contribution < 1.29 is 14.6 Å². The molecule has 1 aromatic carbocycles. The number of hydrogen-bond acceptors (Lipinski definition) is 6. The van der Waals surface area contributed by atoms with Crippen LogP contribution in [0.15, 0.2) is 63.9 Å². The Bertz CT molecular complexity index is 911. The predicted molar refractivity (Wildman–Crippen MR) is 93.7 cm³/mol. The van der Waals surface area contributed by atoms with Gasteiger partial charge in [0, 0.05) is 17.3 Å². The number of aliphatic hydroxyl groups excluding tert-OH is 1. The summed E-state index contributed by atoms with van der Waals surface area (Å²) in [6.07, 6.45) is 1.61. The first-order chi connectivity index (χ1) is 12.1. The molecule has 3 aromatic rings. The standard InChI is InChI=1S/C18H15ClN2O4/c19-12-6-4-11(5-7-12)16(21-15-3-1-2-8-20-15)18-17(24)14(23)9-13(10-22)25-18/h1-9,16,22,24H,10H2,(H,20,21). The van der Waals surface area contributed by atoms with Crippen molar-refractivity contribution in [2.24, 2.45) is 0 Å². The summed E-state index contributed by atoms with van der Waals surface area (Å²) in [6, 6.07) is 12.5. The quantitative estimate of drug-likeness (QED) is 0.648. The van der Waals surface area contributed by atoms with E-state index in [-0.39, 0.29) is 11.5 Å². The van der Waals surface area contributed by atoms with Crippen LogP contribution in [0.2, 0.25) is 5.02 Å². The van der Waals surface area contributed by atoms with E-state index in [2.05, 4.69) is 10.3 Å². The minimum atomic E-state index is -0.702. The number of aromatic nitrogens is 1. The van der Waals surface area contributed by atoms with Gasteiger partial charge in [0.1, 0.15) is 24.2 Å². The van der Waals surface area contributed by atoms with Gasteiger partial charge in [0.05, 0.1) is 0 Å². The van der Waals surface area contributed by atoms with Gasteiger partial charge in [0.25, 0.3) is 0 Å². The zero-order valence-electron chi connectivity index (χ0n) is 13.0. The fourth-order valence-corrected chi connectivity index (χ4v) is 2.51. The molecule has 2 aromatic heterocycles. The first-order valence-corrected chi connectivity index (χ1v) is 7.86. The number of nitrogens with zero attached hydrogens (tertiary/aromatic N) is 1. The molecule has 6 nitrogen and oxygen atoms in total. The molecule has 7 heteroatoms.